The van der Waals surface area contributed by atoms with E-state index >= 15 is 0 Å². The highest BCUT2D eigenvalue weighted by molar-refractivity contribution is 5.77. The van der Waals surface area contributed by atoms with Crippen LogP contribution in [0.15, 0.2) is 24.7 Å². The third-order valence-corrected chi connectivity index (χ3v) is 4.62. The van der Waals surface area contributed by atoms with E-state index in [0.29, 0.717) is 12.6 Å². The number of hydrogen-bond acceptors (Lipinski definition) is 5. The molecule has 2 aromatic rings. The highest BCUT2D eigenvalue weighted by atomic mass is 16.5. The molecule has 0 saturated carbocycles. The number of methoxy groups -OCH3 is 1. The van der Waals surface area contributed by atoms with Crippen molar-refractivity contribution in [2.24, 2.45) is 0 Å². The first-order valence-corrected chi connectivity index (χ1v) is 9.10. The van der Waals surface area contributed by atoms with E-state index in [1.54, 1.807) is 0 Å². The molecule has 0 saturated heterocycles. The first-order valence-electron chi connectivity index (χ1n) is 9.10. The van der Waals surface area contributed by atoms with Gasteiger partial charge in [-0.25, -0.2) is 0 Å². The summed E-state index contributed by atoms with van der Waals surface area (Å²) in [6.45, 7) is 7.62. The molecule has 8 heteroatoms. The predicted molar refractivity (Wildman–Crippen MR) is 97.5 cm³/mol. The maximum Gasteiger partial charge on any atom is 0.245 e. The van der Waals surface area contributed by atoms with Crippen molar-refractivity contribution in [2.75, 3.05) is 26.8 Å². The molecule has 1 atom stereocenters. The molecule has 0 fully saturated rings. The molecule has 1 aliphatic heterocycles. The number of carbonyl (C=O) groups excluding carboxylic acids is 1. The van der Waals surface area contributed by atoms with Crippen molar-refractivity contribution in [2.45, 2.75) is 45.4 Å². The van der Waals surface area contributed by atoms with Crippen molar-refractivity contribution in [3.8, 4) is 0 Å². The van der Waals surface area contributed by atoms with Crippen LogP contribution in [0.5, 0.6) is 0 Å². The molecule has 0 bridgehead atoms. The second-order valence-corrected chi connectivity index (χ2v) is 7.08. The monoisotopic (exact) mass is 360 g/mol. The van der Waals surface area contributed by atoms with Crippen LogP contribution in [0.2, 0.25) is 0 Å². The Morgan fingerprint density at radius 2 is 2.27 bits per heavy atom. The summed E-state index contributed by atoms with van der Waals surface area (Å²) in [5.41, 5.74) is 2.43. The van der Waals surface area contributed by atoms with E-state index in [-0.39, 0.29) is 18.6 Å². The van der Waals surface area contributed by atoms with Gasteiger partial charge in [0.2, 0.25) is 5.91 Å². The van der Waals surface area contributed by atoms with Gasteiger partial charge in [-0.05, 0) is 26.3 Å². The van der Waals surface area contributed by atoms with E-state index in [0.717, 1.165) is 26.1 Å². The number of amides is 1. The van der Waals surface area contributed by atoms with Crippen molar-refractivity contribution in [1.82, 2.24) is 29.8 Å². The van der Waals surface area contributed by atoms with Gasteiger partial charge in [0.15, 0.2) is 0 Å². The summed E-state index contributed by atoms with van der Waals surface area (Å²) >= 11 is 0. The Balaban J connectivity index is 1.60. The van der Waals surface area contributed by atoms with Gasteiger partial charge in [0.25, 0.3) is 0 Å². The van der Waals surface area contributed by atoms with Gasteiger partial charge in [0.05, 0.1) is 17.9 Å². The number of carbonyl (C=O) groups is 1. The SMILES string of the molecule is COCC(=O)NCC[C@H]1CN(Cc2cnn(C(C)C)c2)Cc2ccnn21. The smallest absolute Gasteiger partial charge is 0.245 e. The van der Waals surface area contributed by atoms with Crippen molar-refractivity contribution >= 4 is 5.91 Å². The van der Waals surface area contributed by atoms with Crippen LogP contribution in [0, 0.1) is 0 Å². The Morgan fingerprint density at radius 1 is 1.42 bits per heavy atom. The highest BCUT2D eigenvalue weighted by Gasteiger charge is 2.25. The zero-order valence-corrected chi connectivity index (χ0v) is 15.8. The lowest BCUT2D eigenvalue weighted by Gasteiger charge is -2.33. The second-order valence-electron chi connectivity index (χ2n) is 7.08. The minimum atomic E-state index is -0.0815. The molecule has 0 unspecified atom stereocenters. The molecular formula is C18H28N6O2. The summed E-state index contributed by atoms with van der Waals surface area (Å²) in [7, 11) is 1.52. The van der Waals surface area contributed by atoms with E-state index < -0.39 is 0 Å². The zero-order valence-electron chi connectivity index (χ0n) is 15.8. The molecule has 142 valence electrons. The number of nitrogens with zero attached hydrogens (tertiary/aromatic N) is 5. The Hall–Kier alpha value is -2.19. The quantitative estimate of drug-likeness (QED) is 0.769. The van der Waals surface area contributed by atoms with Gasteiger partial charge in [-0.2, -0.15) is 10.2 Å². The lowest BCUT2D eigenvalue weighted by molar-refractivity contribution is -0.124. The van der Waals surface area contributed by atoms with Gasteiger partial charge < -0.3 is 10.1 Å². The molecule has 2 aromatic heterocycles. The molecule has 0 aromatic carbocycles. The third kappa shape index (κ3) is 4.50. The van der Waals surface area contributed by atoms with Crippen LogP contribution in [-0.4, -0.2) is 57.2 Å². The van der Waals surface area contributed by atoms with Gasteiger partial charge in [0.1, 0.15) is 6.61 Å². The fourth-order valence-electron chi connectivity index (χ4n) is 3.36. The van der Waals surface area contributed by atoms with Crippen LogP contribution in [0.1, 0.15) is 43.6 Å². The fourth-order valence-corrected chi connectivity index (χ4v) is 3.36. The number of nitrogens with one attached hydrogen (secondary N) is 1. The van der Waals surface area contributed by atoms with Gasteiger partial charge in [-0.15, -0.1) is 0 Å². The normalized spacial score (nSPS) is 17.5. The lowest BCUT2D eigenvalue weighted by atomic mass is 10.1. The first-order chi connectivity index (χ1) is 12.6. The summed E-state index contributed by atoms with van der Waals surface area (Å²) in [6.07, 6.45) is 6.76. The molecule has 0 radical (unpaired) electrons. The standard InChI is InChI=1S/C18H28N6O2/c1-14(2)23-10-15(8-21-23)9-22-11-16(4-6-19-18(25)13-26-3)24-17(12-22)5-7-20-24/h5,7-8,10,14,16H,4,6,9,11-13H2,1-3H3,(H,19,25)/t16-/m0/s1. The van der Waals surface area contributed by atoms with Gasteiger partial charge >= 0.3 is 0 Å². The van der Waals surface area contributed by atoms with Crippen molar-refractivity contribution < 1.29 is 9.53 Å². The van der Waals surface area contributed by atoms with Crippen LogP contribution >= 0.6 is 0 Å². The fraction of sp³-hybridized carbons (Fsp3) is 0.611. The van der Waals surface area contributed by atoms with Crippen LogP contribution in [0.4, 0.5) is 0 Å². The number of fused-ring (bicyclic) bond motifs is 1. The summed E-state index contributed by atoms with van der Waals surface area (Å²) < 4.78 is 8.93. The minimum Gasteiger partial charge on any atom is -0.375 e. The molecular weight excluding hydrogens is 332 g/mol. The molecule has 0 aliphatic carbocycles. The third-order valence-electron chi connectivity index (χ3n) is 4.62. The van der Waals surface area contributed by atoms with Crippen molar-refractivity contribution in [1.29, 1.82) is 0 Å². The molecule has 1 N–H and O–H groups in total. The largest absolute Gasteiger partial charge is 0.375 e. The van der Waals surface area contributed by atoms with E-state index in [9.17, 15) is 4.79 Å². The van der Waals surface area contributed by atoms with Crippen LogP contribution in [-0.2, 0) is 22.6 Å². The van der Waals surface area contributed by atoms with Gasteiger partial charge in [-0.1, -0.05) is 0 Å². The van der Waals surface area contributed by atoms with Crippen LogP contribution in [0.3, 0.4) is 0 Å². The molecule has 3 heterocycles. The first kappa shape index (κ1) is 18.6. The number of ether oxygens (including phenoxy) is 1. The minimum absolute atomic E-state index is 0.0815. The Labute approximate surface area is 154 Å². The lowest BCUT2D eigenvalue weighted by Crippen LogP contribution is -2.39. The van der Waals surface area contributed by atoms with E-state index in [4.69, 9.17) is 4.74 Å². The summed E-state index contributed by atoms with van der Waals surface area (Å²) in [6, 6.07) is 2.69. The topological polar surface area (TPSA) is 77.2 Å². The molecule has 1 amide bonds. The Bertz CT molecular complexity index is 723. The highest BCUT2D eigenvalue weighted by Crippen LogP contribution is 2.24. The van der Waals surface area contributed by atoms with Crippen LogP contribution < -0.4 is 5.32 Å². The van der Waals surface area contributed by atoms with E-state index in [1.807, 2.05) is 17.1 Å². The average Bonchev–Trinajstić information content (AvgIpc) is 3.24. The molecule has 3 rings (SSSR count). The number of rotatable bonds is 8. The Morgan fingerprint density at radius 3 is 3.00 bits per heavy atom. The molecule has 0 spiro atoms. The Kier molecular flexibility index (Phi) is 6.05. The average molecular weight is 360 g/mol. The van der Waals surface area contributed by atoms with Gasteiger partial charge in [-0.3, -0.25) is 19.1 Å². The van der Waals surface area contributed by atoms with Crippen molar-refractivity contribution in [3.63, 3.8) is 0 Å². The molecule has 8 nitrogen and oxygen atoms in total. The maximum absolute atomic E-state index is 11.6. The predicted octanol–water partition coefficient (Wildman–Crippen LogP) is 1.37. The second kappa shape index (κ2) is 8.46. The molecule has 1 aliphatic rings. The number of hydrogen-bond donors (Lipinski definition) is 1. The summed E-state index contributed by atoms with van der Waals surface area (Å²) in [4.78, 5) is 14.0. The van der Waals surface area contributed by atoms with E-state index in [2.05, 4.69) is 51.2 Å². The maximum atomic E-state index is 11.6. The summed E-state index contributed by atoms with van der Waals surface area (Å²) in [5.74, 6) is -0.0815. The van der Waals surface area contributed by atoms with E-state index in [1.165, 1.54) is 18.4 Å². The number of aromatic nitrogens is 4. The van der Waals surface area contributed by atoms with Gasteiger partial charge in [0, 0.05) is 57.3 Å². The van der Waals surface area contributed by atoms with Crippen LogP contribution in [0.25, 0.3) is 0 Å². The zero-order chi connectivity index (χ0) is 18.5. The summed E-state index contributed by atoms with van der Waals surface area (Å²) in [5, 5.41) is 11.8. The molecule has 26 heavy (non-hydrogen) atoms. The van der Waals surface area contributed by atoms with Crippen molar-refractivity contribution in [3.05, 3.63) is 35.9 Å².